The van der Waals surface area contributed by atoms with Crippen LogP contribution in [0.25, 0.3) is 0 Å². The third-order valence-electron chi connectivity index (χ3n) is 2.54. The van der Waals surface area contributed by atoms with E-state index in [2.05, 4.69) is 36.0 Å². The molecule has 2 rings (SSSR count). The molecular weight excluding hydrogens is 232 g/mol. The second-order valence-corrected chi connectivity index (χ2v) is 3.25. The van der Waals surface area contributed by atoms with E-state index in [0.29, 0.717) is 6.67 Å². The van der Waals surface area contributed by atoms with Crippen molar-refractivity contribution < 1.29 is 0 Å². The van der Waals surface area contributed by atoms with Crippen LogP contribution in [0.3, 0.4) is 0 Å². The third-order valence-corrected chi connectivity index (χ3v) is 2.54. The minimum Gasteiger partial charge on any atom is -0.259 e. The van der Waals surface area contributed by atoms with Crippen LogP contribution >= 0.6 is 0 Å². The van der Waals surface area contributed by atoms with Crippen LogP contribution in [-0.4, -0.2) is 6.67 Å². The molecule has 0 bridgehead atoms. The number of hydrogen-bond acceptors (Lipinski definition) is 2. The quantitative estimate of drug-likeness (QED) is 0.749. The molecule has 2 heteroatoms. The van der Waals surface area contributed by atoms with Gasteiger partial charge in [0.25, 0.3) is 0 Å². The molecule has 0 unspecified atom stereocenters. The van der Waals surface area contributed by atoms with Crippen LogP contribution in [0.2, 0.25) is 0 Å². The molecule has 0 fully saturated rings. The zero-order chi connectivity index (χ0) is 11.3. The first-order valence-corrected chi connectivity index (χ1v) is 5.86. The number of fused-ring (bicyclic) bond motifs is 1. The van der Waals surface area contributed by atoms with E-state index in [1.165, 1.54) is 11.1 Å². The number of hydrogen-bond donors (Lipinski definition) is 0. The van der Waals surface area contributed by atoms with Crippen molar-refractivity contribution >= 4 is 0 Å². The third kappa shape index (κ3) is 5.54. The van der Waals surface area contributed by atoms with Crippen molar-refractivity contribution in [2.24, 2.45) is 9.98 Å². The van der Waals surface area contributed by atoms with Gasteiger partial charge in [0, 0.05) is 0 Å². The predicted octanol–water partition coefficient (Wildman–Crippen LogP) is 4.59. The Kier molecular flexibility index (Phi) is 18.4. The Morgan fingerprint density at radius 3 is 1.37 bits per heavy atom. The molecule has 0 atom stereocenters. The minimum absolute atomic E-state index is 0. The molecule has 1 heterocycles. The highest BCUT2D eigenvalue weighted by molar-refractivity contribution is 5.23. The van der Waals surface area contributed by atoms with E-state index in [-0.39, 0.29) is 29.7 Å². The monoisotopic (exact) mass is 268 g/mol. The molecule has 0 aromatic heterocycles. The minimum atomic E-state index is 0. The molecule has 2 nitrogen and oxygen atoms in total. The SMILES string of the molecule is C.C.C.C.CC.CCc1ccc(CC)c2c1=NCN=2. The largest absolute Gasteiger partial charge is 0.259 e. The van der Waals surface area contributed by atoms with Crippen molar-refractivity contribution in [1.82, 2.24) is 0 Å². The van der Waals surface area contributed by atoms with E-state index in [4.69, 9.17) is 0 Å². The van der Waals surface area contributed by atoms with Gasteiger partial charge in [0.15, 0.2) is 0 Å². The molecule has 1 aromatic rings. The summed E-state index contributed by atoms with van der Waals surface area (Å²) in [5.74, 6) is 0. The molecule has 0 radical (unpaired) electrons. The molecule has 1 aliphatic heterocycles. The van der Waals surface area contributed by atoms with Gasteiger partial charge in [-0.05, 0) is 24.0 Å². The maximum absolute atomic E-state index is 4.41. The van der Waals surface area contributed by atoms with Crippen LogP contribution in [-0.2, 0) is 12.8 Å². The summed E-state index contributed by atoms with van der Waals surface area (Å²) in [5, 5.41) is 2.28. The van der Waals surface area contributed by atoms with E-state index in [9.17, 15) is 0 Å². The normalized spacial score (nSPS) is 9.47. The number of aryl methyl sites for hydroxylation is 2. The first-order chi connectivity index (χ1) is 7.36. The fourth-order valence-electron chi connectivity index (χ4n) is 1.76. The highest BCUT2D eigenvalue weighted by Gasteiger charge is 2.05. The smallest absolute Gasteiger partial charge is 0.130 e. The van der Waals surface area contributed by atoms with Gasteiger partial charge in [0.2, 0.25) is 0 Å². The Balaban J connectivity index is -0.000000179. The summed E-state index contributed by atoms with van der Waals surface area (Å²) in [6, 6.07) is 4.37. The zero-order valence-electron chi connectivity index (χ0n) is 10.2. The van der Waals surface area contributed by atoms with Gasteiger partial charge in [-0.3, -0.25) is 9.98 Å². The lowest BCUT2D eigenvalue weighted by atomic mass is 10.1. The van der Waals surface area contributed by atoms with Crippen molar-refractivity contribution in [3.8, 4) is 0 Å². The fraction of sp³-hybridized carbons (Fsp3) is 0.647. The molecular formula is C17H36N2. The van der Waals surface area contributed by atoms with Crippen LogP contribution in [0, 0.1) is 0 Å². The summed E-state index contributed by atoms with van der Waals surface area (Å²) in [4.78, 5) is 8.82. The molecule has 0 saturated carbocycles. The van der Waals surface area contributed by atoms with Crippen LogP contribution in [0.1, 0.15) is 68.5 Å². The van der Waals surface area contributed by atoms with Gasteiger partial charge in [-0.1, -0.05) is 69.5 Å². The van der Waals surface area contributed by atoms with Gasteiger partial charge in [0.1, 0.15) is 6.67 Å². The van der Waals surface area contributed by atoms with Gasteiger partial charge < -0.3 is 0 Å². The molecule has 0 amide bonds. The zero-order valence-corrected chi connectivity index (χ0v) is 10.2. The van der Waals surface area contributed by atoms with Gasteiger partial charge in [-0.15, -0.1) is 0 Å². The second-order valence-electron chi connectivity index (χ2n) is 3.25. The maximum Gasteiger partial charge on any atom is 0.130 e. The Hall–Kier alpha value is -1.18. The highest BCUT2D eigenvalue weighted by atomic mass is 15.0. The lowest BCUT2D eigenvalue weighted by molar-refractivity contribution is 1.04. The average molecular weight is 268 g/mol. The van der Waals surface area contributed by atoms with Gasteiger partial charge in [-0.25, -0.2) is 0 Å². The van der Waals surface area contributed by atoms with Crippen molar-refractivity contribution in [3.63, 3.8) is 0 Å². The summed E-state index contributed by atoms with van der Waals surface area (Å²) < 4.78 is 0. The Labute approximate surface area is 121 Å². The summed E-state index contributed by atoms with van der Waals surface area (Å²) >= 11 is 0. The fourth-order valence-corrected chi connectivity index (χ4v) is 1.76. The summed E-state index contributed by atoms with van der Waals surface area (Å²) in [5.41, 5.74) is 2.65. The van der Waals surface area contributed by atoms with Crippen LogP contribution < -0.4 is 10.7 Å². The van der Waals surface area contributed by atoms with Crippen molar-refractivity contribution in [2.45, 2.75) is 70.2 Å². The number of benzene rings is 1. The highest BCUT2D eigenvalue weighted by Crippen LogP contribution is 1.98. The first-order valence-electron chi connectivity index (χ1n) is 5.86. The van der Waals surface area contributed by atoms with E-state index >= 15 is 0 Å². The van der Waals surface area contributed by atoms with Crippen LogP contribution in [0.5, 0.6) is 0 Å². The Morgan fingerprint density at radius 2 is 1.11 bits per heavy atom. The van der Waals surface area contributed by atoms with E-state index in [1.807, 2.05) is 13.8 Å². The standard InChI is InChI=1S/C11H14N2.C2H6.4CH4/c1-3-8-5-6-9(4-2)11-10(8)12-7-13-11;1-2;;;;/h5-6H,3-4,7H2,1-2H3;1-2H3;4*1H4. The topological polar surface area (TPSA) is 24.7 Å². The Morgan fingerprint density at radius 1 is 0.789 bits per heavy atom. The number of rotatable bonds is 2. The molecule has 1 aliphatic rings. The van der Waals surface area contributed by atoms with Crippen molar-refractivity contribution in [3.05, 3.63) is 34.0 Å². The predicted molar refractivity (Wildman–Crippen MR) is 90.6 cm³/mol. The van der Waals surface area contributed by atoms with Crippen molar-refractivity contribution in [1.29, 1.82) is 0 Å². The molecule has 1 aromatic carbocycles. The first kappa shape index (κ1) is 26.4. The average Bonchev–Trinajstić information content (AvgIpc) is 2.79. The summed E-state index contributed by atoms with van der Waals surface area (Å²) in [6.07, 6.45) is 2.09. The summed E-state index contributed by atoms with van der Waals surface area (Å²) in [6.45, 7) is 8.95. The van der Waals surface area contributed by atoms with Crippen LogP contribution in [0.15, 0.2) is 22.1 Å². The van der Waals surface area contributed by atoms with Crippen molar-refractivity contribution in [2.75, 3.05) is 6.67 Å². The molecule has 0 spiro atoms. The van der Waals surface area contributed by atoms with E-state index in [0.717, 1.165) is 23.6 Å². The molecule has 0 saturated heterocycles. The van der Waals surface area contributed by atoms with E-state index in [1.54, 1.807) is 0 Å². The van der Waals surface area contributed by atoms with Gasteiger partial charge in [-0.2, -0.15) is 0 Å². The lowest BCUT2D eigenvalue weighted by Gasteiger charge is -1.99. The maximum atomic E-state index is 4.41. The number of nitrogens with zero attached hydrogens (tertiary/aromatic N) is 2. The van der Waals surface area contributed by atoms with E-state index < -0.39 is 0 Å². The lowest BCUT2D eigenvalue weighted by Crippen LogP contribution is -2.29. The van der Waals surface area contributed by atoms with Gasteiger partial charge in [0.05, 0.1) is 10.7 Å². The molecule has 114 valence electrons. The molecule has 19 heavy (non-hydrogen) atoms. The summed E-state index contributed by atoms with van der Waals surface area (Å²) in [7, 11) is 0. The molecule has 0 aliphatic carbocycles. The van der Waals surface area contributed by atoms with Gasteiger partial charge >= 0.3 is 0 Å². The second kappa shape index (κ2) is 13.3. The molecule has 0 N–H and O–H groups in total. The Bertz CT molecular complexity index is 392. The van der Waals surface area contributed by atoms with Crippen LogP contribution in [0.4, 0.5) is 0 Å².